The summed E-state index contributed by atoms with van der Waals surface area (Å²) in [5, 5.41) is 0. The number of hydrogen-bond acceptors (Lipinski definition) is 2. The maximum Gasteiger partial charge on any atom is 0.207 e. The van der Waals surface area contributed by atoms with Crippen LogP contribution >= 0.6 is 0 Å². The van der Waals surface area contributed by atoms with E-state index in [2.05, 4.69) is 20.1 Å². The molecule has 1 atom stereocenters. The van der Waals surface area contributed by atoms with E-state index in [1.165, 1.54) is 0 Å². The molecule has 1 fully saturated rings. The van der Waals surface area contributed by atoms with E-state index in [4.69, 9.17) is 9.47 Å². The lowest BCUT2D eigenvalue weighted by atomic mass is 10.2. The van der Waals surface area contributed by atoms with Crippen LogP contribution in [0.1, 0.15) is 19.8 Å². The SMILES string of the molecule is C=CC1(C=C)OCC(CCC)O1. The molecule has 0 radical (unpaired) electrons. The minimum absolute atomic E-state index is 0.200. The second-order valence-corrected chi connectivity index (χ2v) is 2.97. The summed E-state index contributed by atoms with van der Waals surface area (Å²) in [5.41, 5.74) is 0. The van der Waals surface area contributed by atoms with Crippen molar-refractivity contribution in [2.45, 2.75) is 31.7 Å². The Morgan fingerprint density at radius 1 is 1.50 bits per heavy atom. The van der Waals surface area contributed by atoms with Crippen LogP contribution in [0.15, 0.2) is 25.3 Å². The van der Waals surface area contributed by atoms with Crippen LogP contribution in [0.3, 0.4) is 0 Å². The van der Waals surface area contributed by atoms with Crippen molar-refractivity contribution in [1.82, 2.24) is 0 Å². The molecular weight excluding hydrogens is 152 g/mol. The molecule has 2 heteroatoms. The highest BCUT2D eigenvalue weighted by Crippen LogP contribution is 2.27. The molecule has 2 nitrogen and oxygen atoms in total. The van der Waals surface area contributed by atoms with E-state index in [1.54, 1.807) is 12.2 Å². The fraction of sp³-hybridized carbons (Fsp3) is 0.600. The summed E-state index contributed by atoms with van der Waals surface area (Å²) in [6.07, 6.45) is 5.64. The Labute approximate surface area is 73.9 Å². The summed E-state index contributed by atoms with van der Waals surface area (Å²) in [5.74, 6) is -0.722. The molecule has 1 heterocycles. The molecule has 1 aliphatic rings. The van der Waals surface area contributed by atoms with Crippen molar-refractivity contribution >= 4 is 0 Å². The third kappa shape index (κ3) is 1.76. The van der Waals surface area contributed by atoms with Crippen LogP contribution in [0.2, 0.25) is 0 Å². The predicted octanol–water partition coefficient (Wildman–Crippen LogP) is 2.27. The first-order valence-corrected chi connectivity index (χ1v) is 4.35. The quantitative estimate of drug-likeness (QED) is 0.599. The summed E-state index contributed by atoms with van der Waals surface area (Å²) < 4.78 is 11.1. The first kappa shape index (κ1) is 9.49. The van der Waals surface area contributed by atoms with Crippen LogP contribution in [0.4, 0.5) is 0 Å². The van der Waals surface area contributed by atoms with E-state index >= 15 is 0 Å². The highest BCUT2D eigenvalue weighted by Gasteiger charge is 2.35. The van der Waals surface area contributed by atoms with Gasteiger partial charge < -0.3 is 9.47 Å². The standard InChI is InChI=1S/C10H16O2/c1-4-7-9-8-11-10(5-2,6-3)12-9/h5-6,9H,2-4,7-8H2,1H3. The van der Waals surface area contributed by atoms with E-state index in [0.717, 1.165) is 12.8 Å². The fourth-order valence-electron chi connectivity index (χ4n) is 1.31. The van der Waals surface area contributed by atoms with Gasteiger partial charge in [-0.25, -0.2) is 0 Å². The van der Waals surface area contributed by atoms with Crippen molar-refractivity contribution in [3.63, 3.8) is 0 Å². The van der Waals surface area contributed by atoms with E-state index < -0.39 is 5.79 Å². The molecule has 0 aromatic heterocycles. The lowest BCUT2D eigenvalue weighted by Crippen LogP contribution is -2.24. The molecule has 0 bridgehead atoms. The first-order chi connectivity index (χ1) is 5.76. The van der Waals surface area contributed by atoms with E-state index in [9.17, 15) is 0 Å². The average molecular weight is 168 g/mol. The smallest absolute Gasteiger partial charge is 0.207 e. The summed E-state index contributed by atoms with van der Waals surface area (Å²) >= 11 is 0. The van der Waals surface area contributed by atoms with Crippen molar-refractivity contribution in [3.05, 3.63) is 25.3 Å². The topological polar surface area (TPSA) is 18.5 Å². The minimum Gasteiger partial charge on any atom is -0.340 e. The average Bonchev–Trinajstić information content (AvgIpc) is 2.50. The minimum atomic E-state index is -0.722. The highest BCUT2D eigenvalue weighted by molar-refractivity contribution is 5.05. The van der Waals surface area contributed by atoms with Gasteiger partial charge in [0.15, 0.2) is 0 Å². The normalized spacial score (nSPS) is 26.9. The highest BCUT2D eigenvalue weighted by atomic mass is 16.7. The first-order valence-electron chi connectivity index (χ1n) is 4.35. The van der Waals surface area contributed by atoms with Crippen molar-refractivity contribution in [2.75, 3.05) is 6.61 Å². The van der Waals surface area contributed by atoms with Gasteiger partial charge in [-0.3, -0.25) is 0 Å². The van der Waals surface area contributed by atoms with Crippen molar-refractivity contribution in [2.24, 2.45) is 0 Å². The fourth-order valence-corrected chi connectivity index (χ4v) is 1.31. The van der Waals surface area contributed by atoms with E-state index in [-0.39, 0.29) is 6.10 Å². The van der Waals surface area contributed by atoms with Gasteiger partial charge in [-0.05, 0) is 18.6 Å². The third-order valence-corrected chi connectivity index (χ3v) is 2.03. The Balaban J connectivity index is 2.52. The predicted molar refractivity (Wildman–Crippen MR) is 48.9 cm³/mol. The molecule has 68 valence electrons. The van der Waals surface area contributed by atoms with Gasteiger partial charge >= 0.3 is 0 Å². The molecule has 1 saturated heterocycles. The zero-order chi connectivity index (χ0) is 9.03. The van der Waals surface area contributed by atoms with Gasteiger partial charge in [0, 0.05) is 0 Å². The van der Waals surface area contributed by atoms with Gasteiger partial charge in [-0.1, -0.05) is 26.5 Å². The second-order valence-electron chi connectivity index (χ2n) is 2.97. The molecule has 12 heavy (non-hydrogen) atoms. The number of hydrogen-bond donors (Lipinski definition) is 0. The molecule has 1 aliphatic heterocycles. The molecule has 0 aromatic rings. The van der Waals surface area contributed by atoms with Crippen molar-refractivity contribution < 1.29 is 9.47 Å². The second kappa shape index (κ2) is 3.87. The molecule has 0 spiro atoms. The van der Waals surface area contributed by atoms with Gasteiger partial charge in [0.25, 0.3) is 0 Å². The largest absolute Gasteiger partial charge is 0.340 e. The maximum atomic E-state index is 5.63. The summed E-state index contributed by atoms with van der Waals surface area (Å²) in [6.45, 7) is 10.1. The van der Waals surface area contributed by atoms with Crippen LogP contribution in [-0.2, 0) is 9.47 Å². The number of ether oxygens (including phenoxy) is 2. The van der Waals surface area contributed by atoms with Crippen molar-refractivity contribution in [1.29, 1.82) is 0 Å². The molecule has 0 amide bonds. The zero-order valence-corrected chi connectivity index (χ0v) is 7.58. The number of rotatable bonds is 4. The van der Waals surface area contributed by atoms with Crippen LogP contribution in [0, 0.1) is 0 Å². The zero-order valence-electron chi connectivity index (χ0n) is 7.58. The Kier molecular flexibility index (Phi) is 3.06. The molecule has 0 aliphatic carbocycles. The maximum absolute atomic E-state index is 5.63. The monoisotopic (exact) mass is 168 g/mol. The Hall–Kier alpha value is -0.600. The van der Waals surface area contributed by atoms with Gasteiger partial charge in [-0.15, -0.1) is 0 Å². The molecule has 1 rings (SSSR count). The van der Waals surface area contributed by atoms with Gasteiger partial charge in [0.1, 0.15) is 0 Å². The van der Waals surface area contributed by atoms with Gasteiger partial charge in [-0.2, -0.15) is 0 Å². The molecule has 1 unspecified atom stereocenters. The van der Waals surface area contributed by atoms with Crippen LogP contribution < -0.4 is 0 Å². The lowest BCUT2D eigenvalue weighted by Gasteiger charge is -2.19. The summed E-state index contributed by atoms with van der Waals surface area (Å²) in [6, 6.07) is 0. The Morgan fingerprint density at radius 3 is 2.58 bits per heavy atom. The van der Waals surface area contributed by atoms with Crippen molar-refractivity contribution in [3.8, 4) is 0 Å². The molecule has 0 N–H and O–H groups in total. The van der Waals surface area contributed by atoms with E-state index in [0.29, 0.717) is 6.61 Å². The summed E-state index contributed by atoms with van der Waals surface area (Å²) in [7, 11) is 0. The van der Waals surface area contributed by atoms with Crippen LogP contribution in [0.5, 0.6) is 0 Å². The molecule has 0 aromatic carbocycles. The lowest BCUT2D eigenvalue weighted by molar-refractivity contribution is -0.0892. The summed E-state index contributed by atoms with van der Waals surface area (Å²) in [4.78, 5) is 0. The third-order valence-electron chi connectivity index (χ3n) is 2.03. The Bertz CT molecular complexity index is 167. The van der Waals surface area contributed by atoms with Gasteiger partial charge in [0.05, 0.1) is 12.7 Å². The van der Waals surface area contributed by atoms with Crippen LogP contribution in [0.25, 0.3) is 0 Å². The van der Waals surface area contributed by atoms with Gasteiger partial charge in [0.2, 0.25) is 5.79 Å². The Morgan fingerprint density at radius 2 is 2.17 bits per heavy atom. The van der Waals surface area contributed by atoms with E-state index in [1.807, 2.05) is 0 Å². The molecule has 0 saturated carbocycles. The van der Waals surface area contributed by atoms with Crippen LogP contribution in [-0.4, -0.2) is 18.5 Å². The molecular formula is C10H16O2.